The number of nitrogens with two attached hydrogens (primary N) is 1. The van der Waals surface area contributed by atoms with Gasteiger partial charge < -0.3 is 9.40 Å². The Hall–Kier alpha value is -0.780. The number of aryl methyl sites for hydroxylation is 1. The Morgan fingerprint density at radius 1 is 1.60 bits per heavy atom. The molecule has 0 aromatic carbocycles. The highest BCUT2D eigenvalue weighted by molar-refractivity contribution is 5.85. The first-order valence-corrected chi connectivity index (χ1v) is 4.23. The van der Waals surface area contributed by atoms with Crippen LogP contribution in [0.25, 0.3) is 0 Å². The molecule has 1 aliphatic rings. The van der Waals surface area contributed by atoms with Crippen LogP contribution in [0.2, 0.25) is 0 Å². The molecule has 2 rings (SSSR count). The molecule has 1 aromatic rings. The van der Waals surface area contributed by atoms with Crippen LogP contribution in [0.3, 0.4) is 0 Å². The first-order valence-electron chi connectivity index (χ1n) is 4.23. The second kappa shape index (κ2) is 5.95. The van der Waals surface area contributed by atoms with Gasteiger partial charge in [0.25, 0.3) is 0 Å². The van der Waals surface area contributed by atoms with E-state index in [1.54, 1.807) is 6.33 Å². The van der Waals surface area contributed by atoms with Gasteiger partial charge in [-0.1, -0.05) is 0 Å². The molecule has 1 aromatic heterocycles. The van der Waals surface area contributed by atoms with E-state index < -0.39 is 5.97 Å². The van der Waals surface area contributed by atoms with Crippen molar-refractivity contribution >= 4 is 30.8 Å². The number of hydrogen-bond donors (Lipinski definition) is 1. The average molecular weight is 254 g/mol. The predicted octanol–water partition coefficient (Wildman–Crippen LogP) is 0.632. The predicted molar refractivity (Wildman–Crippen MR) is 59.0 cm³/mol. The smallest absolute Gasteiger partial charge is 0.330 e. The molecule has 86 valence electrons. The molecule has 15 heavy (non-hydrogen) atoms. The van der Waals surface area contributed by atoms with Crippen molar-refractivity contribution in [2.24, 2.45) is 5.90 Å². The third-order valence-corrected chi connectivity index (χ3v) is 2.29. The zero-order chi connectivity index (χ0) is 9.26. The molecule has 0 aliphatic carbocycles. The minimum absolute atomic E-state index is 0. The summed E-state index contributed by atoms with van der Waals surface area (Å²) in [6.07, 6.45) is 4.07. The summed E-state index contributed by atoms with van der Waals surface area (Å²) in [7, 11) is 0. The van der Waals surface area contributed by atoms with Crippen molar-refractivity contribution in [1.82, 2.24) is 9.55 Å². The first kappa shape index (κ1) is 14.2. The van der Waals surface area contributed by atoms with Crippen LogP contribution in [0, 0.1) is 0 Å². The van der Waals surface area contributed by atoms with Crippen molar-refractivity contribution in [2.45, 2.75) is 25.8 Å². The Morgan fingerprint density at radius 2 is 2.33 bits per heavy atom. The second-order valence-electron chi connectivity index (χ2n) is 3.10. The SMILES string of the molecule is Cl.Cl.NOC(=O)Cc1ncn2c1CCC2. The summed E-state index contributed by atoms with van der Waals surface area (Å²) >= 11 is 0. The number of fused-ring (bicyclic) bond motifs is 1. The lowest BCUT2D eigenvalue weighted by Gasteiger charge is -1.97. The van der Waals surface area contributed by atoms with E-state index in [2.05, 4.69) is 14.4 Å². The Bertz CT molecular complexity index is 341. The summed E-state index contributed by atoms with van der Waals surface area (Å²) in [4.78, 5) is 19.1. The molecular formula is C8H13Cl2N3O2. The maximum atomic E-state index is 10.9. The topological polar surface area (TPSA) is 70.1 Å². The molecular weight excluding hydrogens is 241 g/mol. The molecule has 1 aliphatic heterocycles. The number of carbonyl (C=O) groups is 1. The first-order chi connectivity index (χ1) is 6.31. The van der Waals surface area contributed by atoms with Crippen LogP contribution in [0.4, 0.5) is 0 Å². The number of imidazole rings is 1. The highest BCUT2D eigenvalue weighted by atomic mass is 35.5. The van der Waals surface area contributed by atoms with E-state index in [9.17, 15) is 4.79 Å². The standard InChI is InChI=1S/C8H11N3O2.2ClH/c9-13-8(12)4-6-7-2-1-3-11(7)5-10-6;;/h5H,1-4,9H2;2*1H. The van der Waals surface area contributed by atoms with Gasteiger partial charge in [-0.25, -0.2) is 9.78 Å². The van der Waals surface area contributed by atoms with Gasteiger partial charge in [0.2, 0.25) is 0 Å². The van der Waals surface area contributed by atoms with Gasteiger partial charge in [-0.2, -0.15) is 5.90 Å². The number of carbonyl (C=O) groups excluding carboxylic acids is 1. The highest BCUT2D eigenvalue weighted by Gasteiger charge is 2.18. The van der Waals surface area contributed by atoms with Gasteiger partial charge in [0.1, 0.15) is 0 Å². The quantitative estimate of drug-likeness (QED) is 0.786. The molecule has 7 heteroatoms. The number of hydrogen-bond acceptors (Lipinski definition) is 4. The van der Waals surface area contributed by atoms with Crippen LogP contribution < -0.4 is 5.90 Å². The van der Waals surface area contributed by atoms with Crippen molar-refractivity contribution in [2.75, 3.05) is 0 Å². The maximum absolute atomic E-state index is 10.9. The Labute approximate surface area is 99.8 Å². The normalized spacial score (nSPS) is 12.3. The number of rotatable bonds is 2. The van der Waals surface area contributed by atoms with E-state index in [0.717, 1.165) is 30.8 Å². The minimum atomic E-state index is -0.437. The van der Waals surface area contributed by atoms with Gasteiger partial charge >= 0.3 is 5.97 Å². The lowest BCUT2D eigenvalue weighted by atomic mass is 10.2. The molecule has 0 bridgehead atoms. The number of aromatic nitrogens is 2. The van der Waals surface area contributed by atoms with E-state index in [0.29, 0.717) is 0 Å². The zero-order valence-electron chi connectivity index (χ0n) is 8.01. The molecule has 0 atom stereocenters. The molecule has 5 nitrogen and oxygen atoms in total. The van der Waals surface area contributed by atoms with Crippen LogP contribution >= 0.6 is 24.8 Å². The molecule has 0 fully saturated rings. The zero-order valence-corrected chi connectivity index (χ0v) is 9.64. The van der Waals surface area contributed by atoms with Crippen molar-refractivity contribution in [1.29, 1.82) is 0 Å². The summed E-state index contributed by atoms with van der Waals surface area (Å²) in [6, 6.07) is 0. The Balaban J connectivity index is 0.000000980. The summed E-state index contributed by atoms with van der Waals surface area (Å²) in [5.41, 5.74) is 1.94. The Kier molecular flexibility index (Phi) is 5.64. The summed E-state index contributed by atoms with van der Waals surface area (Å²) in [5, 5.41) is 0. The van der Waals surface area contributed by atoms with Gasteiger partial charge in [0.05, 0.1) is 18.4 Å². The summed E-state index contributed by atoms with van der Waals surface area (Å²) in [5.74, 6) is 4.31. The fourth-order valence-corrected chi connectivity index (χ4v) is 1.67. The van der Waals surface area contributed by atoms with Crippen LogP contribution in [-0.2, 0) is 29.0 Å². The molecule has 0 radical (unpaired) electrons. The van der Waals surface area contributed by atoms with Crippen molar-refractivity contribution in [3.05, 3.63) is 17.7 Å². The van der Waals surface area contributed by atoms with Crippen LogP contribution in [0.15, 0.2) is 6.33 Å². The summed E-state index contributed by atoms with van der Waals surface area (Å²) < 4.78 is 2.07. The average Bonchev–Trinajstić information content (AvgIpc) is 2.69. The van der Waals surface area contributed by atoms with Gasteiger partial charge in [-0.15, -0.1) is 24.8 Å². The molecule has 2 N–H and O–H groups in total. The van der Waals surface area contributed by atoms with E-state index in [4.69, 9.17) is 5.90 Å². The highest BCUT2D eigenvalue weighted by Crippen LogP contribution is 2.18. The molecule has 0 saturated heterocycles. The number of nitrogens with zero attached hydrogens (tertiary/aromatic N) is 2. The summed E-state index contributed by atoms with van der Waals surface area (Å²) in [6.45, 7) is 1.00. The van der Waals surface area contributed by atoms with Crippen LogP contribution in [-0.4, -0.2) is 15.5 Å². The largest absolute Gasteiger partial charge is 0.373 e. The van der Waals surface area contributed by atoms with E-state index >= 15 is 0 Å². The fourth-order valence-electron chi connectivity index (χ4n) is 1.67. The molecule has 0 amide bonds. The van der Waals surface area contributed by atoms with Crippen molar-refractivity contribution in [3.63, 3.8) is 0 Å². The fraction of sp³-hybridized carbons (Fsp3) is 0.500. The van der Waals surface area contributed by atoms with Gasteiger partial charge in [0.15, 0.2) is 0 Å². The lowest BCUT2D eigenvalue weighted by Crippen LogP contribution is -2.13. The third-order valence-electron chi connectivity index (χ3n) is 2.29. The maximum Gasteiger partial charge on any atom is 0.330 e. The van der Waals surface area contributed by atoms with Gasteiger partial charge in [-0.3, -0.25) is 0 Å². The van der Waals surface area contributed by atoms with Gasteiger partial charge in [-0.05, 0) is 12.8 Å². The minimum Gasteiger partial charge on any atom is -0.373 e. The van der Waals surface area contributed by atoms with E-state index in [-0.39, 0.29) is 31.2 Å². The lowest BCUT2D eigenvalue weighted by molar-refractivity contribution is -0.143. The monoisotopic (exact) mass is 253 g/mol. The second-order valence-corrected chi connectivity index (χ2v) is 3.10. The third kappa shape index (κ3) is 2.84. The van der Waals surface area contributed by atoms with E-state index in [1.165, 1.54) is 0 Å². The van der Waals surface area contributed by atoms with E-state index in [1.807, 2.05) is 0 Å². The van der Waals surface area contributed by atoms with Crippen molar-refractivity contribution < 1.29 is 9.63 Å². The Morgan fingerprint density at radius 3 is 3.00 bits per heavy atom. The molecule has 0 saturated carbocycles. The molecule has 0 unspecified atom stereocenters. The van der Waals surface area contributed by atoms with Crippen LogP contribution in [0.5, 0.6) is 0 Å². The molecule has 2 heterocycles. The van der Waals surface area contributed by atoms with Crippen LogP contribution in [0.1, 0.15) is 17.8 Å². The van der Waals surface area contributed by atoms with Crippen molar-refractivity contribution in [3.8, 4) is 0 Å². The number of halogens is 2. The van der Waals surface area contributed by atoms with Gasteiger partial charge in [0, 0.05) is 12.2 Å². The molecule has 0 spiro atoms.